The Balaban J connectivity index is 1.64. The van der Waals surface area contributed by atoms with Gasteiger partial charge in [0.2, 0.25) is 5.13 Å². The number of aliphatic hydroxyl groups excluding tert-OH is 1. The Morgan fingerprint density at radius 3 is 2.65 bits per heavy atom. The highest BCUT2D eigenvalue weighted by atomic mass is 32.1. The fraction of sp³-hybridized carbons (Fsp3) is 0.500. The van der Waals surface area contributed by atoms with Gasteiger partial charge in [-0.3, -0.25) is 4.90 Å². The molecule has 0 bridgehead atoms. The first-order valence-electron chi connectivity index (χ1n) is 7.98. The number of rotatable bonds is 5. The fourth-order valence-electron chi connectivity index (χ4n) is 2.64. The standard InChI is InChI=1S/C16H22N4OS2/c1-2-12-3-5-13(6-4-12)17-15-18-20(16(22)23-15)11-19-9-7-14(21)8-10-19/h3-6,14,21H,2,7-11H2,1H3,(H,17,18). The van der Waals surface area contributed by atoms with Gasteiger partial charge >= 0.3 is 0 Å². The maximum absolute atomic E-state index is 9.58. The van der Waals surface area contributed by atoms with E-state index in [4.69, 9.17) is 12.2 Å². The van der Waals surface area contributed by atoms with Crippen LogP contribution in [0.25, 0.3) is 0 Å². The third kappa shape index (κ3) is 4.38. The molecule has 0 amide bonds. The summed E-state index contributed by atoms with van der Waals surface area (Å²) < 4.78 is 2.63. The molecule has 7 heteroatoms. The summed E-state index contributed by atoms with van der Waals surface area (Å²) in [5, 5.41) is 18.3. The smallest absolute Gasteiger partial charge is 0.209 e. The Morgan fingerprint density at radius 1 is 1.30 bits per heavy atom. The van der Waals surface area contributed by atoms with E-state index in [1.165, 1.54) is 16.9 Å². The van der Waals surface area contributed by atoms with Crippen molar-refractivity contribution < 1.29 is 5.11 Å². The molecule has 1 saturated heterocycles. The quantitative estimate of drug-likeness (QED) is 0.810. The van der Waals surface area contributed by atoms with E-state index in [1.807, 2.05) is 4.68 Å². The van der Waals surface area contributed by atoms with Gasteiger partial charge in [-0.15, -0.1) is 5.10 Å². The zero-order valence-electron chi connectivity index (χ0n) is 13.2. The predicted molar refractivity (Wildman–Crippen MR) is 96.9 cm³/mol. The minimum Gasteiger partial charge on any atom is -0.393 e. The van der Waals surface area contributed by atoms with Crippen LogP contribution >= 0.6 is 23.6 Å². The third-order valence-corrected chi connectivity index (χ3v) is 5.33. The van der Waals surface area contributed by atoms with Crippen LogP contribution in [0.4, 0.5) is 10.8 Å². The van der Waals surface area contributed by atoms with Crippen LogP contribution in [0.3, 0.4) is 0 Å². The Labute approximate surface area is 145 Å². The van der Waals surface area contributed by atoms with Crippen molar-refractivity contribution in [3.8, 4) is 0 Å². The molecule has 5 nitrogen and oxygen atoms in total. The van der Waals surface area contributed by atoms with E-state index < -0.39 is 0 Å². The van der Waals surface area contributed by atoms with Crippen LogP contribution in [0.15, 0.2) is 24.3 Å². The first-order valence-corrected chi connectivity index (χ1v) is 9.21. The summed E-state index contributed by atoms with van der Waals surface area (Å²) in [4.78, 5) is 2.28. The molecule has 1 aliphatic rings. The molecular weight excluding hydrogens is 328 g/mol. The van der Waals surface area contributed by atoms with E-state index in [1.54, 1.807) is 0 Å². The second-order valence-corrected chi connectivity index (χ2v) is 7.46. The minimum atomic E-state index is -0.155. The molecule has 0 atom stereocenters. The fourth-order valence-corrected chi connectivity index (χ4v) is 3.66. The van der Waals surface area contributed by atoms with Crippen molar-refractivity contribution >= 4 is 34.4 Å². The zero-order chi connectivity index (χ0) is 16.2. The van der Waals surface area contributed by atoms with Gasteiger partial charge in [-0.1, -0.05) is 30.4 Å². The highest BCUT2D eigenvalue weighted by Gasteiger charge is 2.17. The molecule has 124 valence electrons. The van der Waals surface area contributed by atoms with Crippen LogP contribution in [0, 0.1) is 3.95 Å². The lowest BCUT2D eigenvalue weighted by atomic mass is 10.1. The van der Waals surface area contributed by atoms with E-state index >= 15 is 0 Å². The summed E-state index contributed by atoms with van der Waals surface area (Å²) in [6.07, 6.45) is 2.54. The number of hydrogen-bond acceptors (Lipinski definition) is 6. The number of aryl methyl sites for hydroxylation is 1. The summed E-state index contributed by atoms with van der Waals surface area (Å²) in [6, 6.07) is 8.38. The molecule has 0 saturated carbocycles. The monoisotopic (exact) mass is 350 g/mol. The van der Waals surface area contributed by atoms with Gasteiger partial charge in [0, 0.05) is 18.8 Å². The number of hydrogen-bond donors (Lipinski definition) is 2. The molecule has 3 rings (SSSR count). The van der Waals surface area contributed by atoms with Gasteiger partial charge in [-0.25, -0.2) is 4.68 Å². The summed E-state index contributed by atoms with van der Waals surface area (Å²) in [5.41, 5.74) is 2.35. The summed E-state index contributed by atoms with van der Waals surface area (Å²) in [7, 11) is 0. The number of piperidine rings is 1. The van der Waals surface area contributed by atoms with Gasteiger partial charge in [0.05, 0.1) is 12.8 Å². The molecule has 2 heterocycles. The normalized spacial score (nSPS) is 16.6. The Morgan fingerprint density at radius 2 is 2.00 bits per heavy atom. The molecule has 1 aliphatic heterocycles. The maximum Gasteiger partial charge on any atom is 0.209 e. The van der Waals surface area contributed by atoms with E-state index in [0.717, 1.165) is 47.1 Å². The first-order chi connectivity index (χ1) is 11.1. The van der Waals surface area contributed by atoms with Crippen molar-refractivity contribution in [1.29, 1.82) is 0 Å². The summed E-state index contributed by atoms with van der Waals surface area (Å²) in [6.45, 7) is 4.62. The highest BCUT2D eigenvalue weighted by Crippen LogP contribution is 2.21. The van der Waals surface area contributed by atoms with Gasteiger partial charge in [-0.2, -0.15) is 0 Å². The van der Waals surface area contributed by atoms with Crippen LogP contribution < -0.4 is 5.32 Å². The molecule has 23 heavy (non-hydrogen) atoms. The zero-order valence-corrected chi connectivity index (χ0v) is 14.9. The Kier molecular flexibility index (Phi) is 5.42. The lowest BCUT2D eigenvalue weighted by Crippen LogP contribution is -2.37. The lowest BCUT2D eigenvalue weighted by molar-refractivity contribution is 0.0653. The predicted octanol–water partition coefficient (Wildman–Crippen LogP) is 3.39. The summed E-state index contributed by atoms with van der Waals surface area (Å²) in [5.74, 6) is 0. The number of aromatic nitrogens is 2. The molecule has 1 aromatic carbocycles. The average Bonchev–Trinajstić information content (AvgIpc) is 2.90. The minimum absolute atomic E-state index is 0.155. The van der Waals surface area contributed by atoms with Crippen molar-refractivity contribution in [2.45, 2.75) is 39.0 Å². The Hall–Kier alpha value is -1.28. The SMILES string of the molecule is CCc1ccc(Nc2nn(CN3CCC(O)CC3)c(=S)s2)cc1. The van der Waals surface area contributed by atoms with E-state index in [9.17, 15) is 5.11 Å². The molecular formula is C16H22N4OS2. The second-order valence-electron chi connectivity index (χ2n) is 5.84. The molecule has 2 N–H and O–H groups in total. The number of benzene rings is 1. The van der Waals surface area contributed by atoms with Crippen LogP contribution in [0.2, 0.25) is 0 Å². The molecule has 1 aromatic heterocycles. The van der Waals surface area contributed by atoms with Crippen LogP contribution in [0.5, 0.6) is 0 Å². The van der Waals surface area contributed by atoms with Gasteiger partial charge in [-0.05, 0) is 49.2 Å². The van der Waals surface area contributed by atoms with Crippen molar-refractivity contribution in [3.63, 3.8) is 0 Å². The summed E-state index contributed by atoms with van der Waals surface area (Å²) >= 11 is 6.91. The van der Waals surface area contributed by atoms with Crippen molar-refractivity contribution in [1.82, 2.24) is 14.7 Å². The van der Waals surface area contributed by atoms with Crippen molar-refractivity contribution in [2.24, 2.45) is 0 Å². The number of nitrogens with one attached hydrogen (secondary N) is 1. The van der Waals surface area contributed by atoms with E-state index in [2.05, 4.69) is 46.5 Å². The molecule has 0 aliphatic carbocycles. The van der Waals surface area contributed by atoms with Gasteiger partial charge in [0.1, 0.15) is 0 Å². The van der Waals surface area contributed by atoms with Crippen LogP contribution in [0.1, 0.15) is 25.3 Å². The van der Waals surface area contributed by atoms with Crippen molar-refractivity contribution in [3.05, 3.63) is 33.8 Å². The van der Waals surface area contributed by atoms with Gasteiger partial charge in [0.25, 0.3) is 0 Å². The molecule has 1 fully saturated rings. The molecule has 0 radical (unpaired) electrons. The number of anilines is 2. The second kappa shape index (κ2) is 7.53. The maximum atomic E-state index is 9.58. The average molecular weight is 351 g/mol. The number of nitrogens with zero attached hydrogens (tertiary/aromatic N) is 3. The number of aliphatic hydroxyl groups is 1. The first kappa shape index (κ1) is 16.6. The third-order valence-electron chi connectivity index (χ3n) is 4.11. The van der Waals surface area contributed by atoms with Gasteiger partial charge in [0.15, 0.2) is 3.95 Å². The molecule has 2 aromatic rings. The highest BCUT2D eigenvalue weighted by molar-refractivity contribution is 7.73. The Bertz CT molecular complexity index is 687. The molecule has 0 spiro atoms. The molecule has 0 unspecified atom stereocenters. The van der Waals surface area contributed by atoms with Crippen LogP contribution in [-0.4, -0.2) is 39.0 Å². The van der Waals surface area contributed by atoms with Crippen LogP contribution in [-0.2, 0) is 13.1 Å². The number of likely N-dealkylation sites (tertiary alicyclic amines) is 1. The van der Waals surface area contributed by atoms with E-state index in [-0.39, 0.29) is 6.10 Å². The largest absolute Gasteiger partial charge is 0.393 e. The van der Waals surface area contributed by atoms with Crippen molar-refractivity contribution in [2.75, 3.05) is 18.4 Å². The van der Waals surface area contributed by atoms with Gasteiger partial charge < -0.3 is 10.4 Å². The van der Waals surface area contributed by atoms with E-state index in [0.29, 0.717) is 6.67 Å². The lowest BCUT2D eigenvalue weighted by Gasteiger charge is -2.28. The topological polar surface area (TPSA) is 53.3 Å².